The summed E-state index contributed by atoms with van der Waals surface area (Å²) in [5.74, 6) is 3.06. The summed E-state index contributed by atoms with van der Waals surface area (Å²) in [4.78, 5) is 8.75. The number of para-hydroxylation sites is 1. The first kappa shape index (κ1) is 29.9. The van der Waals surface area contributed by atoms with Crippen molar-refractivity contribution in [3.63, 3.8) is 0 Å². The molecule has 7 rings (SSSR count). The zero-order chi connectivity index (χ0) is 30.2. The Morgan fingerprint density at radius 2 is 1.81 bits per heavy atom. The third kappa shape index (κ3) is 7.01. The molecule has 5 aliphatic rings. The van der Waals surface area contributed by atoms with Crippen LogP contribution in [0.4, 0.5) is 24.9 Å². The summed E-state index contributed by atoms with van der Waals surface area (Å²) in [5, 5.41) is 30.5. The number of aliphatic hydroxyl groups is 1. The van der Waals surface area contributed by atoms with E-state index in [2.05, 4.69) is 36.7 Å². The fourth-order valence-electron chi connectivity index (χ4n) is 8.55. The predicted octanol–water partition coefficient (Wildman–Crippen LogP) is 6.00. The molecule has 11 heteroatoms. The first-order valence-corrected chi connectivity index (χ1v) is 15.5. The molecule has 5 fully saturated rings. The Hall–Kier alpha value is -3.10. The van der Waals surface area contributed by atoms with Crippen LogP contribution >= 0.6 is 0 Å². The van der Waals surface area contributed by atoms with Crippen molar-refractivity contribution < 1.29 is 23.0 Å². The lowest BCUT2D eigenvalue weighted by molar-refractivity contribution is -0.274. The molecular weight excluding hydrogens is 557 g/mol. The molecule has 0 spiro atoms. The maximum absolute atomic E-state index is 12.8. The third-order valence-electron chi connectivity index (χ3n) is 10.4. The number of nitriles is 1. The molecule has 0 aliphatic heterocycles. The molecule has 43 heavy (non-hydrogen) atoms. The van der Waals surface area contributed by atoms with Gasteiger partial charge >= 0.3 is 6.36 Å². The summed E-state index contributed by atoms with van der Waals surface area (Å²) >= 11 is 0. The minimum atomic E-state index is -4.79. The van der Waals surface area contributed by atoms with Gasteiger partial charge in [-0.05, 0) is 106 Å². The van der Waals surface area contributed by atoms with E-state index in [-0.39, 0.29) is 23.7 Å². The van der Waals surface area contributed by atoms with Crippen molar-refractivity contribution in [1.82, 2.24) is 15.3 Å². The highest BCUT2D eigenvalue weighted by molar-refractivity contribution is 5.53. The van der Waals surface area contributed by atoms with E-state index in [4.69, 9.17) is 0 Å². The van der Waals surface area contributed by atoms with E-state index in [0.29, 0.717) is 40.7 Å². The summed E-state index contributed by atoms with van der Waals surface area (Å²) in [5.41, 5.74) is 0.315. The van der Waals surface area contributed by atoms with Gasteiger partial charge in [0.05, 0.1) is 11.8 Å². The van der Waals surface area contributed by atoms with Crippen molar-refractivity contribution in [2.75, 3.05) is 23.7 Å². The maximum atomic E-state index is 12.8. The first-order valence-electron chi connectivity index (χ1n) is 15.5. The van der Waals surface area contributed by atoms with Crippen LogP contribution in [0.1, 0.15) is 75.8 Å². The number of anilines is 2. The second kappa shape index (κ2) is 11.8. The molecule has 5 saturated carbocycles. The van der Waals surface area contributed by atoms with Gasteiger partial charge in [0, 0.05) is 24.7 Å². The summed E-state index contributed by atoms with van der Waals surface area (Å²) in [7, 11) is 0. The largest absolute Gasteiger partial charge is 0.573 e. The average Bonchev–Trinajstić information content (AvgIpc) is 2.95. The van der Waals surface area contributed by atoms with Crippen molar-refractivity contribution in [3.8, 4) is 11.8 Å². The van der Waals surface area contributed by atoms with Crippen LogP contribution in [0.15, 0.2) is 30.5 Å². The van der Waals surface area contributed by atoms with E-state index in [1.807, 2.05) is 6.92 Å². The Labute approximate surface area is 250 Å². The number of hydrogen-bond acceptors (Lipinski definition) is 8. The van der Waals surface area contributed by atoms with E-state index >= 15 is 0 Å². The van der Waals surface area contributed by atoms with Gasteiger partial charge in [-0.3, -0.25) is 0 Å². The Bertz CT molecular complexity index is 1320. The molecule has 8 nitrogen and oxygen atoms in total. The van der Waals surface area contributed by atoms with Gasteiger partial charge < -0.3 is 25.8 Å². The second-order valence-electron chi connectivity index (χ2n) is 13.8. The van der Waals surface area contributed by atoms with Crippen LogP contribution in [-0.2, 0) is 6.54 Å². The van der Waals surface area contributed by atoms with Crippen molar-refractivity contribution in [2.24, 2.45) is 29.1 Å². The minimum Gasteiger partial charge on any atom is -0.405 e. The lowest BCUT2D eigenvalue weighted by atomic mass is 9.48. The molecule has 3 unspecified atom stereocenters. The van der Waals surface area contributed by atoms with Gasteiger partial charge in [0.2, 0.25) is 5.95 Å². The van der Waals surface area contributed by atoms with Crippen molar-refractivity contribution >= 4 is 11.8 Å². The molecule has 2 aromatic rings. The monoisotopic (exact) mass is 598 g/mol. The van der Waals surface area contributed by atoms with Crippen LogP contribution in [0, 0.1) is 40.4 Å². The van der Waals surface area contributed by atoms with Crippen molar-refractivity contribution in [3.05, 3.63) is 41.6 Å². The molecule has 4 N–H and O–H groups in total. The maximum Gasteiger partial charge on any atom is 0.573 e. The van der Waals surface area contributed by atoms with Gasteiger partial charge in [-0.15, -0.1) is 13.2 Å². The highest BCUT2D eigenvalue weighted by Gasteiger charge is 2.55. The normalized spacial score (nSPS) is 33.2. The van der Waals surface area contributed by atoms with Crippen molar-refractivity contribution in [2.45, 2.75) is 89.3 Å². The number of nitrogens with zero attached hydrogens (tertiary/aromatic N) is 3. The van der Waals surface area contributed by atoms with Crippen molar-refractivity contribution in [1.29, 1.82) is 5.26 Å². The fraction of sp³-hybridized carbons (Fsp3) is 0.656. The molecule has 5 aliphatic carbocycles. The Kier molecular flexibility index (Phi) is 8.20. The molecule has 0 amide bonds. The number of ether oxygens (including phenoxy) is 1. The SMILES string of the molecule is CC1(O)CCC(CNC2[C@@H]3CC4C[C@H]2CC(CNc2nc(NCc5ccccc5OC(F)(F)F)ncc2C#N)(C4)C3)CC1. The van der Waals surface area contributed by atoms with Crippen LogP contribution in [0.3, 0.4) is 0 Å². The topological polar surface area (TPSA) is 115 Å². The first-order chi connectivity index (χ1) is 20.5. The smallest absolute Gasteiger partial charge is 0.405 e. The Balaban J connectivity index is 1.07. The number of halogens is 3. The molecule has 4 bridgehead atoms. The molecule has 5 atom stereocenters. The minimum absolute atomic E-state index is 0.0289. The van der Waals surface area contributed by atoms with Gasteiger partial charge in [0.15, 0.2) is 0 Å². The highest BCUT2D eigenvalue weighted by atomic mass is 19.4. The number of nitrogens with one attached hydrogen (secondary N) is 3. The lowest BCUT2D eigenvalue weighted by Gasteiger charge is -2.60. The van der Waals surface area contributed by atoms with Crippen LogP contribution in [-0.4, -0.2) is 46.2 Å². The molecule has 1 aromatic heterocycles. The zero-order valence-electron chi connectivity index (χ0n) is 24.6. The van der Waals surface area contributed by atoms with Gasteiger partial charge in [0.1, 0.15) is 23.2 Å². The quantitative estimate of drug-likeness (QED) is 0.264. The van der Waals surface area contributed by atoms with Gasteiger partial charge in [-0.25, -0.2) is 4.98 Å². The third-order valence-corrected chi connectivity index (χ3v) is 10.4. The summed E-state index contributed by atoms with van der Waals surface area (Å²) in [6, 6.07) is 8.66. The van der Waals surface area contributed by atoms with Gasteiger partial charge in [0.25, 0.3) is 0 Å². The molecule has 1 aromatic carbocycles. The van der Waals surface area contributed by atoms with E-state index in [1.165, 1.54) is 37.6 Å². The second-order valence-corrected chi connectivity index (χ2v) is 13.8. The van der Waals surface area contributed by atoms with E-state index < -0.39 is 12.0 Å². The number of hydrogen-bond donors (Lipinski definition) is 4. The summed E-state index contributed by atoms with van der Waals surface area (Å²) < 4.78 is 42.6. The Morgan fingerprint density at radius 1 is 1.09 bits per heavy atom. The average molecular weight is 599 g/mol. The Morgan fingerprint density at radius 3 is 2.51 bits per heavy atom. The zero-order valence-corrected chi connectivity index (χ0v) is 24.6. The van der Waals surface area contributed by atoms with Crippen LogP contribution in [0.2, 0.25) is 0 Å². The van der Waals surface area contributed by atoms with Gasteiger partial charge in [-0.2, -0.15) is 10.2 Å². The standard InChI is InChI=1S/C32H41F3N6O2/c1-30(42)8-6-20(7-9-30)16-37-27-23-10-21-11-24(27)14-31(12-21,13-23)19-40-28-25(15-36)18-39-29(41-28)38-17-22-4-2-3-5-26(22)43-32(33,34)35/h2-5,18,20-21,23-24,27,37,42H,6-14,16-17,19H2,1H3,(H2,38,39,40,41)/t20?,21?,23-,24+,27?,30?,31?. The van der Waals surface area contributed by atoms with Crippen LogP contribution in [0.25, 0.3) is 0 Å². The lowest BCUT2D eigenvalue weighted by Crippen LogP contribution is -2.60. The number of rotatable bonds is 10. The number of benzene rings is 1. The highest BCUT2D eigenvalue weighted by Crippen LogP contribution is 2.60. The summed E-state index contributed by atoms with van der Waals surface area (Å²) in [6.45, 7) is 3.76. The summed E-state index contributed by atoms with van der Waals surface area (Å²) in [6.07, 6.45) is 6.65. The fourth-order valence-corrected chi connectivity index (χ4v) is 8.55. The predicted molar refractivity (Wildman–Crippen MR) is 156 cm³/mol. The number of alkyl halides is 3. The molecular formula is C32H41F3N6O2. The van der Waals surface area contributed by atoms with Gasteiger partial charge in [-0.1, -0.05) is 18.2 Å². The van der Waals surface area contributed by atoms with E-state index in [9.17, 15) is 23.5 Å². The van der Waals surface area contributed by atoms with E-state index in [1.54, 1.807) is 12.1 Å². The molecule has 0 saturated heterocycles. The molecule has 0 radical (unpaired) electrons. The van der Waals surface area contributed by atoms with Crippen LogP contribution in [0.5, 0.6) is 5.75 Å². The van der Waals surface area contributed by atoms with E-state index in [0.717, 1.165) is 57.5 Å². The van der Waals surface area contributed by atoms with Crippen LogP contribution < -0.4 is 20.7 Å². The molecule has 1 heterocycles. The molecule has 232 valence electrons. The number of aromatic nitrogens is 2.